The molecule has 2 rings (SSSR count). The largest absolute Gasteiger partial charge is 0.383 e. The summed E-state index contributed by atoms with van der Waals surface area (Å²) in [5.41, 5.74) is 1.28. The van der Waals surface area contributed by atoms with Crippen molar-refractivity contribution in [2.75, 3.05) is 26.8 Å². The second-order valence-corrected chi connectivity index (χ2v) is 5.76. The van der Waals surface area contributed by atoms with Gasteiger partial charge >= 0.3 is 6.03 Å². The summed E-state index contributed by atoms with van der Waals surface area (Å²) >= 11 is 0. The van der Waals surface area contributed by atoms with E-state index < -0.39 is 0 Å². The fraction of sp³-hybridized carbons (Fsp3) is 0.500. The first-order valence-electron chi connectivity index (χ1n) is 8.67. The topological polar surface area (TPSA) is 72.3 Å². The first-order chi connectivity index (χ1) is 12.2. The number of urea groups is 1. The fourth-order valence-corrected chi connectivity index (χ4v) is 2.58. The molecule has 1 N–H and O–H groups in total. The van der Waals surface area contributed by atoms with E-state index in [1.807, 2.05) is 29.7 Å². The zero-order valence-electron chi connectivity index (χ0n) is 15.0. The average Bonchev–Trinajstić information content (AvgIpc) is 3.11. The van der Waals surface area contributed by atoms with E-state index in [1.54, 1.807) is 18.3 Å². The number of hydrogen-bond acceptors (Lipinski definition) is 4. The number of nitrogens with one attached hydrogen (secondary N) is 1. The van der Waals surface area contributed by atoms with E-state index >= 15 is 0 Å². The van der Waals surface area contributed by atoms with Crippen molar-refractivity contribution >= 4 is 6.03 Å². The van der Waals surface area contributed by atoms with Crippen molar-refractivity contribution in [3.8, 4) is 0 Å². The number of carbonyl (C=O) groups excluding carboxylic acids is 1. The third-order valence-corrected chi connectivity index (χ3v) is 4.02. The third kappa shape index (κ3) is 6.19. The highest BCUT2D eigenvalue weighted by Gasteiger charge is 2.14. The number of rotatable bonds is 10. The molecule has 2 amide bonds. The van der Waals surface area contributed by atoms with Crippen molar-refractivity contribution in [1.29, 1.82) is 0 Å². The van der Waals surface area contributed by atoms with Gasteiger partial charge in [0.2, 0.25) is 0 Å². The van der Waals surface area contributed by atoms with Crippen molar-refractivity contribution in [3.63, 3.8) is 0 Å². The molecule has 0 radical (unpaired) electrons. The number of carbonyl (C=O) groups is 1. The molecule has 1 aromatic heterocycles. The van der Waals surface area contributed by atoms with E-state index in [9.17, 15) is 4.79 Å². The molecule has 136 valence electrons. The van der Waals surface area contributed by atoms with Gasteiger partial charge in [-0.1, -0.05) is 30.3 Å². The summed E-state index contributed by atoms with van der Waals surface area (Å²) in [5.74, 6) is 0.756. The Morgan fingerprint density at radius 1 is 1.28 bits per heavy atom. The van der Waals surface area contributed by atoms with E-state index in [4.69, 9.17) is 4.74 Å². The maximum Gasteiger partial charge on any atom is 0.317 e. The van der Waals surface area contributed by atoms with Crippen LogP contribution in [0.2, 0.25) is 0 Å². The molecular formula is C18H27N5O2. The van der Waals surface area contributed by atoms with Crippen LogP contribution in [0.25, 0.3) is 0 Å². The van der Waals surface area contributed by atoms with Crippen LogP contribution in [0.4, 0.5) is 4.79 Å². The molecular weight excluding hydrogens is 318 g/mol. The fourth-order valence-electron chi connectivity index (χ4n) is 2.58. The Labute approximate surface area is 149 Å². The zero-order valence-corrected chi connectivity index (χ0v) is 15.0. The van der Waals surface area contributed by atoms with Gasteiger partial charge in [0.1, 0.15) is 6.33 Å². The molecule has 0 aliphatic heterocycles. The number of nitrogens with zero attached hydrogens (tertiary/aromatic N) is 4. The van der Waals surface area contributed by atoms with Gasteiger partial charge < -0.3 is 19.5 Å². The van der Waals surface area contributed by atoms with Crippen LogP contribution in [0.3, 0.4) is 0 Å². The molecule has 0 aliphatic rings. The van der Waals surface area contributed by atoms with Gasteiger partial charge in [0.25, 0.3) is 0 Å². The second-order valence-electron chi connectivity index (χ2n) is 5.76. The van der Waals surface area contributed by atoms with Crippen LogP contribution < -0.4 is 5.32 Å². The molecule has 1 heterocycles. The number of hydrogen-bond donors (Lipinski definition) is 1. The maximum absolute atomic E-state index is 12.5. The molecule has 0 atom stereocenters. The van der Waals surface area contributed by atoms with Crippen molar-refractivity contribution < 1.29 is 9.53 Å². The Kier molecular flexibility index (Phi) is 7.91. The first-order valence-corrected chi connectivity index (χ1v) is 8.67. The SMILES string of the molecule is CCn1cnnc1CNC(=O)N(CCCc1ccccc1)CCOC. The summed E-state index contributed by atoms with van der Waals surface area (Å²) in [4.78, 5) is 14.3. The van der Waals surface area contributed by atoms with Crippen LogP contribution in [0.5, 0.6) is 0 Å². The summed E-state index contributed by atoms with van der Waals surface area (Å²) in [7, 11) is 1.64. The lowest BCUT2D eigenvalue weighted by atomic mass is 10.1. The lowest BCUT2D eigenvalue weighted by molar-refractivity contribution is 0.148. The molecule has 0 saturated carbocycles. The van der Waals surface area contributed by atoms with Crippen molar-refractivity contribution in [1.82, 2.24) is 25.0 Å². The van der Waals surface area contributed by atoms with Crippen LogP contribution in [-0.4, -0.2) is 52.5 Å². The molecule has 7 nitrogen and oxygen atoms in total. The van der Waals surface area contributed by atoms with E-state index in [-0.39, 0.29) is 6.03 Å². The molecule has 0 fully saturated rings. The highest BCUT2D eigenvalue weighted by atomic mass is 16.5. The molecule has 0 spiro atoms. The van der Waals surface area contributed by atoms with Crippen LogP contribution >= 0.6 is 0 Å². The lowest BCUT2D eigenvalue weighted by Gasteiger charge is -2.22. The molecule has 0 unspecified atom stereocenters. The van der Waals surface area contributed by atoms with E-state index in [0.717, 1.165) is 25.2 Å². The Hall–Kier alpha value is -2.41. The van der Waals surface area contributed by atoms with Crippen LogP contribution in [0.1, 0.15) is 24.7 Å². The Bertz CT molecular complexity index is 629. The van der Waals surface area contributed by atoms with E-state index in [1.165, 1.54) is 5.56 Å². The minimum absolute atomic E-state index is 0.101. The standard InChI is InChI=1S/C18H27N5O2/c1-3-22-15-20-21-17(22)14-19-18(24)23(12-13-25-2)11-7-10-16-8-5-4-6-9-16/h4-6,8-9,15H,3,7,10-14H2,1-2H3,(H,19,24). The average molecular weight is 345 g/mol. The van der Waals surface area contributed by atoms with Gasteiger partial charge in [0.05, 0.1) is 13.2 Å². The quantitative estimate of drug-likeness (QED) is 0.716. The minimum atomic E-state index is -0.101. The number of aryl methyl sites for hydroxylation is 2. The van der Waals surface area contributed by atoms with Gasteiger partial charge in [0.15, 0.2) is 5.82 Å². The number of ether oxygens (including phenoxy) is 1. The molecule has 0 aliphatic carbocycles. The highest BCUT2D eigenvalue weighted by molar-refractivity contribution is 5.74. The van der Waals surface area contributed by atoms with Gasteiger partial charge in [0, 0.05) is 26.7 Å². The smallest absolute Gasteiger partial charge is 0.317 e. The van der Waals surface area contributed by atoms with Gasteiger partial charge in [-0.05, 0) is 25.3 Å². The number of aromatic nitrogens is 3. The van der Waals surface area contributed by atoms with Gasteiger partial charge in [-0.25, -0.2) is 4.79 Å². The van der Waals surface area contributed by atoms with Crippen LogP contribution in [-0.2, 0) is 24.2 Å². The first kappa shape index (κ1) is 18.9. The third-order valence-electron chi connectivity index (χ3n) is 4.02. The Morgan fingerprint density at radius 2 is 2.08 bits per heavy atom. The van der Waals surface area contributed by atoms with Crippen molar-refractivity contribution in [3.05, 3.63) is 48.0 Å². The summed E-state index contributed by atoms with van der Waals surface area (Å²) in [6.45, 7) is 4.94. The summed E-state index contributed by atoms with van der Waals surface area (Å²) in [6, 6.07) is 10.2. The molecule has 7 heteroatoms. The van der Waals surface area contributed by atoms with E-state index in [0.29, 0.717) is 26.2 Å². The predicted octanol–water partition coefficient (Wildman–Crippen LogP) is 2.09. The second kappa shape index (κ2) is 10.5. The molecule has 2 aromatic rings. The van der Waals surface area contributed by atoms with Gasteiger partial charge in [-0.2, -0.15) is 0 Å². The monoisotopic (exact) mass is 345 g/mol. The molecule has 0 bridgehead atoms. The summed E-state index contributed by atoms with van der Waals surface area (Å²) < 4.78 is 7.04. The summed E-state index contributed by atoms with van der Waals surface area (Å²) in [6.07, 6.45) is 3.53. The highest BCUT2D eigenvalue weighted by Crippen LogP contribution is 2.04. The summed E-state index contributed by atoms with van der Waals surface area (Å²) in [5, 5.41) is 10.8. The number of benzene rings is 1. The minimum Gasteiger partial charge on any atom is -0.383 e. The number of methoxy groups -OCH3 is 1. The van der Waals surface area contributed by atoms with Gasteiger partial charge in [-0.3, -0.25) is 0 Å². The molecule has 25 heavy (non-hydrogen) atoms. The zero-order chi connectivity index (χ0) is 17.9. The normalized spacial score (nSPS) is 10.6. The molecule has 1 aromatic carbocycles. The lowest BCUT2D eigenvalue weighted by Crippen LogP contribution is -2.42. The van der Waals surface area contributed by atoms with Crippen molar-refractivity contribution in [2.24, 2.45) is 0 Å². The number of amides is 2. The van der Waals surface area contributed by atoms with Crippen LogP contribution in [0.15, 0.2) is 36.7 Å². The van der Waals surface area contributed by atoms with Gasteiger partial charge in [-0.15, -0.1) is 10.2 Å². The van der Waals surface area contributed by atoms with E-state index in [2.05, 4.69) is 27.6 Å². The Balaban J connectivity index is 1.83. The van der Waals surface area contributed by atoms with Crippen molar-refractivity contribution in [2.45, 2.75) is 32.9 Å². The molecule has 0 saturated heterocycles. The predicted molar refractivity (Wildman–Crippen MR) is 96.1 cm³/mol. The maximum atomic E-state index is 12.5. The van der Waals surface area contributed by atoms with Crippen LogP contribution in [0, 0.1) is 0 Å². The Morgan fingerprint density at radius 3 is 2.80 bits per heavy atom.